The average molecular weight is 285 g/mol. The van der Waals surface area contributed by atoms with E-state index >= 15 is 0 Å². The van der Waals surface area contributed by atoms with Crippen LogP contribution in [0, 0.1) is 0 Å². The maximum absolute atomic E-state index is 12.1. The Labute approximate surface area is 122 Å². The predicted molar refractivity (Wildman–Crippen MR) is 78.8 cm³/mol. The summed E-state index contributed by atoms with van der Waals surface area (Å²) < 4.78 is 5.03. The molecule has 0 bridgehead atoms. The Kier molecular flexibility index (Phi) is 4.68. The van der Waals surface area contributed by atoms with Crippen molar-refractivity contribution in [2.45, 2.75) is 0 Å². The van der Waals surface area contributed by atoms with Crippen molar-refractivity contribution < 1.29 is 19.4 Å². The molecule has 0 aliphatic heterocycles. The minimum atomic E-state index is -0.560. The van der Waals surface area contributed by atoms with Crippen LogP contribution < -0.4 is 10.1 Å². The predicted octanol–water partition coefficient (Wildman–Crippen LogP) is 2.12. The highest BCUT2D eigenvalue weighted by Gasteiger charge is 2.08. The zero-order valence-electron chi connectivity index (χ0n) is 11.5. The molecule has 1 amide bonds. The van der Waals surface area contributed by atoms with E-state index in [1.165, 1.54) is 6.07 Å². The highest BCUT2D eigenvalue weighted by atomic mass is 16.5. The van der Waals surface area contributed by atoms with Gasteiger partial charge in [0, 0.05) is 16.8 Å². The molecule has 0 saturated carbocycles. The van der Waals surface area contributed by atoms with Crippen molar-refractivity contribution in [2.24, 2.45) is 0 Å². The van der Waals surface area contributed by atoms with Crippen LogP contribution in [0.2, 0.25) is 0 Å². The number of hydrogen-bond donors (Lipinski definition) is 2. The SMILES string of the molecule is COc1ccc(C(=O)Nc2cccc(C(=O)CO)c2)cc1. The molecule has 2 aromatic carbocycles. The van der Waals surface area contributed by atoms with Gasteiger partial charge in [0.05, 0.1) is 7.11 Å². The lowest BCUT2D eigenvalue weighted by molar-refractivity contribution is 0.0903. The number of carbonyl (C=O) groups excluding carboxylic acids is 2. The van der Waals surface area contributed by atoms with Crippen molar-refractivity contribution in [3.8, 4) is 5.75 Å². The highest BCUT2D eigenvalue weighted by molar-refractivity contribution is 6.05. The average Bonchev–Trinajstić information content (AvgIpc) is 2.54. The van der Waals surface area contributed by atoms with E-state index in [1.807, 2.05) is 0 Å². The van der Waals surface area contributed by atoms with Crippen LogP contribution in [0.1, 0.15) is 20.7 Å². The van der Waals surface area contributed by atoms with Crippen molar-refractivity contribution >= 4 is 17.4 Å². The largest absolute Gasteiger partial charge is 0.497 e. The van der Waals surface area contributed by atoms with Crippen LogP contribution in [0.15, 0.2) is 48.5 Å². The smallest absolute Gasteiger partial charge is 0.255 e. The quantitative estimate of drug-likeness (QED) is 0.825. The van der Waals surface area contributed by atoms with Crippen LogP contribution in [0.5, 0.6) is 5.75 Å². The van der Waals surface area contributed by atoms with Gasteiger partial charge in [0.25, 0.3) is 5.91 Å². The second-order valence-electron chi connectivity index (χ2n) is 4.34. The van der Waals surface area contributed by atoms with E-state index in [-0.39, 0.29) is 5.91 Å². The molecule has 0 aromatic heterocycles. The number of ether oxygens (including phenoxy) is 1. The van der Waals surface area contributed by atoms with E-state index < -0.39 is 12.4 Å². The van der Waals surface area contributed by atoms with E-state index in [2.05, 4.69) is 5.32 Å². The first kappa shape index (κ1) is 14.7. The number of carbonyl (C=O) groups is 2. The number of aliphatic hydroxyl groups excluding tert-OH is 1. The summed E-state index contributed by atoms with van der Waals surface area (Å²) >= 11 is 0. The van der Waals surface area contributed by atoms with Gasteiger partial charge in [-0.25, -0.2) is 0 Å². The number of Topliss-reactive ketones (excluding diaryl/α,β-unsaturated/α-hetero) is 1. The third kappa shape index (κ3) is 3.67. The summed E-state index contributed by atoms with van der Waals surface area (Å²) in [6, 6.07) is 13.1. The van der Waals surface area contributed by atoms with E-state index in [0.29, 0.717) is 22.6 Å². The molecule has 0 aliphatic rings. The fourth-order valence-corrected chi connectivity index (χ4v) is 1.81. The van der Waals surface area contributed by atoms with Gasteiger partial charge in [-0.1, -0.05) is 12.1 Å². The number of anilines is 1. The Balaban J connectivity index is 2.13. The van der Waals surface area contributed by atoms with Crippen LogP contribution >= 0.6 is 0 Å². The third-order valence-electron chi connectivity index (χ3n) is 2.94. The van der Waals surface area contributed by atoms with Crippen molar-refractivity contribution in [2.75, 3.05) is 19.0 Å². The lowest BCUT2D eigenvalue weighted by atomic mass is 10.1. The number of rotatable bonds is 5. The van der Waals surface area contributed by atoms with Gasteiger partial charge in [-0.15, -0.1) is 0 Å². The molecule has 0 atom stereocenters. The Bertz CT molecular complexity index is 650. The highest BCUT2D eigenvalue weighted by Crippen LogP contribution is 2.15. The Morgan fingerprint density at radius 3 is 2.43 bits per heavy atom. The number of hydrogen-bond acceptors (Lipinski definition) is 4. The topological polar surface area (TPSA) is 75.6 Å². The van der Waals surface area contributed by atoms with E-state index in [1.54, 1.807) is 49.6 Å². The molecule has 0 aliphatic carbocycles. The van der Waals surface area contributed by atoms with Crippen molar-refractivity contribution in [3.05, 3.63) is 59.7 Å². The van der Waals surface area contributed by atoms with E-state index in [4.69, 9.17) is 9.84 Å². The van der Waals surface area contributed by atoms with Crippen LogP contribution in [0.4, 0.5) is 5.69 Å². The summed E-state index contributed by atoms with van der Waals surface area (Å²) in [4.78, 5) is 23.5. The molecular formula is C16H15NO4. The van der Waals surface area contributed by atoms with E-state index in [9.17, 15) is 9.59 Å². The second-order valence-corrected chi connectivity index (χ2v) is 4.34. The number of methoxy groups -OCH3 is 1. The first-order valence-electron chi connectivity index (χ1n) is 6.33. The molecular weight excluding hydrogens is 270 g/mol. The summed E-state index contributed by atoms with van der Waals surface area (Å²) in [5, 5.41) is 11.5. The van der Waals surface area contributed by atoms with Gasteiger partial charge in [0.15, 0.2) is 5.78 Å². The molecule has 21 heavy (non-hydrogen) atoms. The second kappa shape index (κ2) is 6.67. The molecule has 0 spiro atoms. The first-order chi connectivity index (χ1) is 10.1. The van der Waals surface area contributed by atoms with Gasteiger partial charge in [-0.3, -0.25) is 9.59 Å². The standard InChI is InChI=1S/C16H15NO4/c1-21-14-7-5-11(6-8-14)16(20)17-13-4-2-3-12(9-13)15(19)10-18/h2-9,18H,10H2,1H3,(H,17,20). The lowest BCUT2D eigenvalue weighted by Crippen LogP contribution is -2.12. The third-order valence-corrected chi connectivity index (χ3v) is 2.94. The minimum absolute atomic E-state index is 0.286. The number of benzene rings is 2. The van der Waals surface area contributed by atoms with Crippen molar-refractivity contribution in [3.63, 3.8) is 0 Å². The molecule has 2 aromatic rings. The number of aliphatic hydroxyl groups is 1. The van der Waals surface area contributed by atoms with Crippen molar-refractivity contribution in [1.29, 1.82) is 0 Å². The molecule has 5 heteroatoms. The lowest BCUT2D eigenvalue weighted by Gasteiger charge is -2.07. The zero-order chi connectivity index (χ0) is 15.2. The van der Waals surface area contributed by atoms with Crippen LogP contribution in [-0.4, -0.2) is 30.5 Å². The van der Waals surface area contributed by atoms with Crippen LogP contribution in [-0.2, 0) is 0 Å². The fraction of sp³-hybridized carbons (Fsp3) is 0.125. The Morgan fingerprint density at radius 1 is 1.10 bits per heavy atom. The fourth-order valence-electron chi connectivity index (χ4n) is 1.81. The molecule has 2 rings (SSSR count). The van der Waals surface area contributed by atoms with Gasteiger partial charge in [-0.05, 0) is 36.4 Å². The van der Waals surface area contributed by atoms with Crippen LogP contribution in [0.3, 0.4) is 0 Å². The summed E-state index contributed by atoms with van der Waals surface area (Å²) in [6.45, 7) is -0.560. The molecule has 0 heterocycles. The van der Waals surface area contributed by atoms with Crippen LogP contribution in [0.25, 0.3) is 0 Å². The molecule has 0 fully saturated rings. The van der Waals surface area contributed by atoms with Gasteiger partial charge < -0.3 is 15.2 Å². The van der Waals surface area contributed by atoms with E-state index in [0.717, 1.165) is 0 Å². The molecule has 0 unspecified atom stereocenters. The summed E-state index contributed by atoms with van der Waals surface area (Å²) in [6.07, 6.45) is 0. The summed E-state index contributed by atoms with van der Waals surface area (Å²) in [5.41, 5.74) is 1.33. The first-order valence-corrected chi connectivity index (χ1v) is 6.33. The monoisotopic (exact) mass is 285 g/mol. The van der Waals surface area contributed by atoms with Gasteiger partial charge >= 0.3 is 0 Å². The molecule has 2 N–H and O–H groups in total. The molecule has 5 nitrogen and oxygen atoms in total. The Morgan fingerprint density at radius 2 is 1.81 bits per heavy atom. The molecule has 0 saturated heterocycles. The summed E-state index contributed by atoms with van der Waals surface area (Å²) in [7, 11) is 1.55. The normalized spacial score (nSPS) is 10.0. The van der Waals surface area contributed by atoms with Gasteiger partial charge in [0.1, 0.15) is 12.4 Å². The van der Waals surface area contributed by atoms with Crippen molar-refractivity contribution in [1.82, 2.24) is 0 Å². The number of ketones is 1. The maximum atomic E-state index is 12.1. The number of nitrogens with one attached hydrogen (secondary N) is 1. The Hall–Kier alpha value is -2.66. The summed E-state index contributed by atoms with van der Waals surface area (Å²) in [5.74, 6) is -0.0103. The van der Waals surface area contributed by atoms with Gasteiger partial charge in [-0.2, -0.15) is 0 Å². The zero-order valence-corrected chi connectivity index (χ0v) is 11.5. The van der Waals surface area contributed by atoms with Gasteiger partial charge in [0.2, 0.25) is 0 Å². The number of amides is 1. The maximum Gasteiger partial charge on any atom is 0.255 e. The molecule has 108 valence electrons. The minimum Gasteiger partial charge on any atom is -0.497 e. The molecule has 0 radical (unpaired) electrons.